The van der Waals surface area contributed by atoms with E-state index in [0.717, 1.165) is 18.7 Å². The highest BCUT2D eigenvalue weighted by atomic mass is 32.1. The van der Waals surface area contributed by atoms with Crippen molar-refractivity contribution in [3.8, 4) is 0 Å². The van der Waals surface area contributed by atoms with Gasteiger partial charge in [-0.15, -0.1) is 0 Å². The zero-order valence-corrected chi connectivity index (χ0v) is 7.01. The highest BCUT2D eigenvalue weighted by Crippen LogP contribution is 1.99. The van der Waals surface area contributed by atoms with Crippen LogP contribution in [0.25, 0.3) is 0 Å². The normalized spacial score (nSPS) is 10.2. The van der Waals surface area contributed by atoms with Crippen LogP contribution in [0.2, 0.25) is 0 Å². The lowest BCUT2D eigenvalue weighted by molar-refractivity contribution is 0.659. The number of nitrogens with zero attached hydrogens (tertiary/aromatic N) is 2. The first-order valence-corrected chi connectivity index (χ1v) is 4.12. The van der Waals surface area contributed by atoms with Gasteiger partial charge in [0, 0.05) is 12.7 Å². The molecule has 1 rings (SSSR count). The van der Waals surface area contributed by atoms with Crippen LogP contribution < -0.4 is 0 Å². The van der Waals surface area contributed by atoms with Gasteiger partial charge >= 0.3 is 0 Å². The van der Waals surface area contributed by atoms with E-state index >= 15 is 0 Å². The summed E-state index contributed by atoms with van der Waals surface area (Å²) in [5.74, 6) is 0.898. The van der Waals surface area contributed by atoms with Gasteiger partial charge in [0.1, 0.15) is 0 Å². The first kappa shape index (κ1) is 7.66. The summed E-state index contributed by atoms with van der Waals surface area (Å²) in [6.45, 7) is 3.03. The second-order valence-electron chi connectivity index (χ2n) is 2.18. The number of thiol groups is 1. The van der Waals surface area contributed by atoms with E-state index in [1.165, 1.54) is 5.56 Å². The topological polar surface area (TPSA) is 17.8 Å². The van der Waals surface area contributed by atoms with Gasteiger partial charge in [-0.3, -0.25) is 4.68 Å². The Balaban J connectivity index is 2.59. The molecule has 0 bridgehead atoms. The van der Waals surface area contributed by atoms with Crippen molar-refractivity contribution in [1.82, 2.24) is 9.78 Å². The summed E-state index contributed by atoms with van der Waals surface area (Å²) in [5, 5.41) is 4.14. The van der Waals surface area contributed by atoms with E-state index in [1.807, 2.05) is 10.9 Å². The minimum Gasteiger partial charge on any atom is -0.273 e. The van der Waals surface area contributed by atoms with Crippen LogP contribution in [0, 0.1) is 0 Å². The van der Waals surface area contributed by atoms with Gasteiger partial charge in [0.2, 0.25) is 0 Å². The van der Waals surface area contributed by atoms with E-state index in [9.17, 15) is 0 Å². The van der Waals surface area contributed by atoms with Crippen LogP contribution >= 0.6 is 12.6 Å². The lowest BCUT2D eigenvalue weighted by Gasteiger charge is -1.90. The fourth-order valence-electron chi connectivity index (χ4n) is 0.838. The predicted molar refractivity (Wildman–Crippen MR) is 45.5 cm³/mol. The quantitative estimate of drug-likeness (QED) is 0.654. The number of hydrogen-bond donors (Lipinski definition) is 1. The van der Waals surface area contributed by atoms with Gasteiger partial charge in [-0.25, -0.2) is 0 Å². The molecule has 0 radical (unpaired) electrons. The van der Waals surface area contributed by atoms with Gasteiger partial charge in [0.15, 0.2) is 0 Å². The van der Waals surface area contributed by atoms with E-state index in [4.69, 9.17) is 0 Å². The summed E-state index contributed by atoms with van der Waals surface area (Å²) in [4.78, 5) is 0. The molecular weight excluding hydrogens is 144 g/mol. The summed E-state index contributed by atoms with van der Waals surface area (Å²) < 4.78 is 1.93. The molecule has 0 atom stereocenters. The molecule has 0 unspecified atom stereocenters. The SMILES string of the molecule is CCn1cc(CCS)cn1. The molecule has 0 aromatic carbocycles. The van der Waals surface area contributed by atoms with Gasteiger partial charge in [-0.05, 0) is 24.7 Å². The maximum Gasteiger partial charge on any atom is 0.0522 e. The molecule has 1 aromatic rings. The molecule has 0 amide bonds. The minimum atomic E-state index is 0.898. The fourth-order valence-corrected chi connectivity index (χ4v) is 1.10. The average Bonchev–Trinajstić information content (AvgIpc) is 2.37. The largest absolute Gasteiger partial charge is 0.273 e. The first-order valence-electron chi connectivity index (χ1n) is 3.49. The molecule has 0 aliphatic heterocycles. The van der Waals surface area contributed by atoms with E-state index in [-0.39, 0.29) is 0 Å². The number of hydrogen-bond acceptors (Lipinski definition) is 2. The lowest BCUT2D eigenvalue weighted by atomic mass is 10.3. The van der Waals surface area contributed by atoms with Crippen LogP contribution in [0.3, 0.4) is 0 Å². The molecule has 0 spiro atoms. The molecular formula is C7H12N2S. The molecule has 10 heavy (non-hydrogen) atoms. The molecule has 0 fully saturated rings. The van der Waals surface area contributed by atoms with Crippen molar-refractivity contribution in [3.05, 3.63) is 18.0 Å². The smallest absolute Gasteiger partial charge is 0.0522 e. The second-order valence-corrected chi connectivity index (χ2v) is 2.63. The molecule has 2 nitrogen and oxygen atoms in total. The van der Waals surface area contributed by atoms with E-state index in [2.05, 4.69) is 30.8 Å². The van der Waals surface area contributed by atoms with Crippen LogP contribution in [0.1, 0.15) is 12.5 Å². The Morgan fingerprint density at radius 1 is 1.70 bits per heavy atom. The first-order chi connectivity index (χ1) is 4.86. The summed E-state index contributed by atoms with van der Waals surface area (Å²) in [5.41, 5.74) is 1.27. The Hall–Kier alpha value is -0.440. The predicted octanol–water partition coefficient (Wildman–Crippen LogP) is 1.38. The molecule has 0 aliphatic carbocycles. The fraction of sp³-hybridized carbons (Fsp3) is 0.571. The zero-order valence-electron chi connectivity index (χ0n) is 6.12. The summed E-state index contributed by atoms with van der Waals surface area (Å²) in [7, 11) is 0. The van der Waals surface area contributed by atoms with Crippen molar-refractivity contribution in [1.29, 1.82) is 0 Å². The summed E-state index contributed by atoms with van der Waals surface area (Å²) in [6, 6.07) is 0. The van der Waals surface area contributed by atoms with Crippen molar-refractivity contribution in [2.75, 3.05) is 5.75 Å². The third-order valence-corrected chi connectivity index (χ3v) is 1.63. The van der Waals surface area contributed by atoms with Crippen molar-refractivity contribution in [2.24, 2.45) is 0 Å². The maximum atomic E-state index is 4.14. The van der Waals surface area contributed by atoms with E-state index < -0.39 is 0 Å². The monoisotopic (exact) mass is 156 g/mol. The van der Waals surface area contributed by atoms with Crippen molar-refractivity contribution < 1.29 is 0 Å². The Labute approximate surface area is 66.7 Å². The van der Waals surface area contributed by atoms with Crippen molar-refractivity contribution in [2.45, 2.75) is 19.9 Å². The lowest BCUT2D eigenvalue weighted by Crippen LogP contribution is -1.92. The number of aromatic nitrogens is 2. The molecule has 0 saturated carbocycles. The molecule has 0 aliphatic rings. The highest BCUT2D eigenvalue weighted by Gasteiger charge is 1.93. The van der Waals surface area contributed by atoms with Crippen LogP contribution in [0.4, 0.5) is 0 Å². The third kappa shape index (κ3) is 1.77. The van der Waals surface area contributed by atoms with E-state index in [1.54, 1.807) is 0 Å². The van der Waals surface area contributed by atoms with Gasteiger partial charge in [-0.1, -0.05) is 0 Å². The molecule has 1 heterocycles. The van der Waals surface area contributed by atoms with Gasteiger partial charge in [-0.2, -0.15) is 17.7 Å². The molecule has 56 valence electrons. The van der Waals surface area contributed by atoms with Crippen LogP contribution in [-0.4, -0.2) is 15.5 Å². The molecule has 0 N–H and O–H groups in total. The standard InChI is InChI=1S/C7H12N2S/c1-2-9-6-7(3-4-10)5-8-9/h5-6,10H,2-4H2,1H3. The highest BCUT2D eigenvalue weighted by molar-refractivity contribution is 7.80. The average molecular weight is 156 g/mol. The van der Waals surface area contributed by atoms with Gasteiger partial charge in [0.25, 0.3) is 0 Å². The van der Waals surface area contributed by atoms with Crippen LogP contribution in [0.15, 0.2) is 12.4 Å². The van der Waals surface area contributed by atoms with Gasteiger partial charge in [0.05, 0.1) is 6.20 Å². The Kier molecular flexibility index (Phi) is 2.81. The Morgan fingerprint density at radius 3 is 3.00 bits per heavy atom. The van der Waals surface area contributed by atoms with E-state index in [0.29, 0.717) is 0 Å². The third-order valence-electron chi connectivity index (χ3n) is 1.41. The molecule has 0 saturated heterocycles. The van der Waals surface area contributed by atoms with Crippen molar-refractivity contribution >= 4 is 12.6 Å². The Morgan fingerprint density at radius 2 is 2.50 bits per heavy atom. The zero-order chi connectivity index (χ0) is 7.40. The maximum absolute atomic E-state index is 4.14. The summed E-state index contributed by atoms with van der Waals surface area (Å²) >= 11 is 4.13. The Bertz CT molecular complexity index is 195. The van der Waals surface area contributed by atoms with Crippen LogP contribution in [0.5, 0.6) is 0 Å². The van der Waals surface area contributed by atoms with Gasteiger partial charge < -0.3 is 0 Å². The second kappa shape index (κ2) is 3.66. The van der Waals surface area contributed by atoms with Crippen molar-refractivity contribution in [3.63, 3.8) is 0 Å². The minimum absolute atomic E-state index is 0.898. The van der Waals surface area contributed by atoms with Crippen LogP contribution in [-0.2, 0) is 13.0 Å². The summed E-state index contributed by atoms with van der Waals surface area (Å²) in [6.07, 6.45) is 4.99. The molecule has 3 heteroatoms. The number of aryl methyl sites for hydroxylation is 2. The molecule has 1 aromatic heterocycles. The number of rotatable bonds is 3.